The number of amides is 1. The number of carboxylic acids is 1. The van der Waals surface area contributed by atoms with Crippen LogP contribution in [0.25, 0.3) is 0 Å². The van der Waals surface area contributed by atoms with Gasteiger partial charge in [0.2, 0.25) is 5.91 Å². The van der Waals surface area contributed by atoms with E-state index in [9.17, 15) is 9.59 Å². The maximum atomic E-state index is 10.9. The van der Waals surface area contributed by atoms with Gasteiger partial charge in [-0.1, -0.05) is 11.6 Å². The molecular weight excluding hydrogens is 260 g/mol. The van der Waals surface area contributed by atoms with E-state index in [0.29, 0.717) is 22.8 Å². The number of ether oxygens (including phenoxy) is 1. The van der Waals surface area contributed by atoms with Gasteiger partial charge in [0, 0.05) is 12.1 Å². The van der Waals surface area contributed by atoms with Crippen LogP contribution in [0.1, 0.15) is 10.4 Å². The highest BCUT2D eigenvalue weighted by Crippen LogP contribution is 2.22. The Labute approximate surface area is 109 Å². The van der Waals surface area contributed by atoms with Crippen LogP contribution < -0.4 is 11.1 Å². The summed E-state index contributed by atoms with van der Waals surface area (Å²) in [6.07, 6.45) is 0. The summed E-state index contributed by atoms with van der Waals surface area (Å²) in [5.41, 5.74) is 6.06. The molecule has 0 saturated heterocycles. The monoisotopic (exact) mass is 272 g/mol. The van der Waals surface area contributed by atoms with E-state index >= 15 is 0 Å². The Kier molecular flexibility index (Phi) is 5.41. The number of primary amides is 1. The predicted octanol–water partition coefficient (Wildman–Crippen LogP) is 0.952. The topological polar surface area (TPSA) is 102 Å². The lowest BCUT2D eigenvalue weighted by atomic mass is 10.2. The first-order valence-electron chi connectivity index (χ1n) is 5.13. The van der Waals surface area contributed by atoms with Gasteiger partial charge in [-0.2, -0.15) is 0 Å². The highest BCUT2D eigenvalue weighted by molar-refractivity contribution is 6.33. The maximum absolute atomic E-state index is 10.9. The molecule has 0 aliphatic rings. The van der Waals surface area contributed by atoms with E-state index in [4.69, 9.17) is 27.2 Å². The van der Waals surface area contributed by atoms with Crippen molar-refractivity contribution in [2.75, 3.05) is 25.1 Å². The minimum Gasteiger partial charge on any atom is -0.480 e. The molecule has 1 rings (SSSR count). The number of aliphatic carboxylic acids is 1. The number of hydrogen-bond donors (Lipinski definition) is 3. The van der Waals surface area contributed by atoms with Gasteiger partial charge in [0.05, 0.1) is 17.3 Å². The van der Waals surface area contributed by atoms with E-state index in [1.807, 2.05) is 0 Å². The fraction of sp³-hybridized carbons (Fsp3) is 0.273. The van der Waals surface area contributed by atoms with Crippen LogP contribution >= 0.6 is 11.6 Å². The number of halogens is 1. The van der Waals surface area contributed by atoms with Gasteiger partial charge in [0.25, 0.3) is 0 Å². The number of carbonyl (C=O) groups is 2. The second-order valence-corrected chi connectivity index (χ2v) is 3.84. The molecule has 0 heterocycles. The summed E-state index contributed by atoms with van der Waals surface area (Å²) < 4.78 is 4.84. The summed E-state index contributed by atoms with van der Waals surface area (Å²) >= 11 is 5.93. The molecule has 98 valence electrons. The zero-order valence-corrected chi connectivity index (χ0v) is 10.2. The van der Waals surface area contributed by atoms with Crippen molar-refractivity contribution in [1.29, 1.82) is 0 Å². The molecule has 0 unspecified atom stereocenters. The Hall–Kier alpha value is -1.79. The Morgan fingerprint density at radius 2 is 2.17 bits per heavy atom. The molecular formula is C11H13ClN2O4. The molecule has 1 aromatic carbocycles. The molecule has 0 aliphatic carbocycles. The highest BCUT2D eigenvalue weighted by atomic mass is 35.5. The van der Waals surface area contributed by atoms with Crippen LogP contribution in [0.4, 0.5) is 5.69 Å². The second-order valence-electron chi connectivity index (χ2n) is 3.43. The van der Waals surface area contributed by atoms with Gasteiger partial charge in [-0.15, -0.1) is 0 Å². The van der Waals surface area contributed by atoms with Crippen molar-refractivity contribution in [2.45, 2.75) is 0 Å². The van der Waals surface area contributed by atoms with Crippen molar-refractivity contribution in [2.24, 2.45) is 5.73 Å². The lowest BCUT2D eigenvalue weighted by molar-refractivity contribution is -0.142. The minimum atomic E-state index is -1.01. The Morgan fingerprint density at radius 3 is 2.72 bits per heavy atom. The number of anilines is 1. The number of rotatable bonds is 7. The first kappa shape index (κ1) is 14.3. The summed E-state index contributed by atoms with van der Waals surface area (Å²) in [6.45, 7) is 0.305. The molecule has 1 aromatic rings. The lowest BCUT2D eigenvalue weighted by Crippen LogP contribution is -2.14. The fourth-order valence-corrected chi connectivity index (χ4v) is 1.48. The summed E-state index contributed by atoms with van der Waals surface area (Å²) in [7, 11) is 0. The molecule has 0 radical (unpaired) electrons. The van der Waals surface area contributed by atoms with Crippen molar-refractivity contribution in [1.82, 2.24) is 0 Å². The SMILES string of the molecule is NC(=O)c1ccc(NCCOCC(=O)O)c(Cl)c1. The van der Waals surface area contributed by atoms with Gasteiger partial charge in [-0.05, 0) is 18.2 Å². The fourth-order valence-electron chi connectivity index (χ4n) is 1.23. The zero-order chi connectivity index (χ0) is 13.5. The normalized spacial score (nSPS) is 10.1. The predicted molar refractivity (Wildman–Crippen MR) is 66.9 cm³/mol. The number of benzene rings is 1. The van der Waals surface area contributed by atoms with Crippen LogP contribution in [0.15, 0.2) is 18.2 Å². The molecule has 0 saturated carbocycles. The zero-order valence-electron chi connectivity index (χ0n) is 9.48. The van der Waals surface area contributed by atoms with Gasteiger partial charge >= 0.3 is 5.97 Å². The van der Waals surface area contributed by atoms with E-state index in [0.717, 1.165) is 0 Å². The third-order valence-corrected chi connectivity index (χ3v) is 2.35. The average molecular weight is 273 g/mol. The first-order valence-corrected chi connectivity index (χ1v) is 5.51. The van der Waals surface area contributed by atoms with E-state index in [-0.39, 0.29) is 13.2 Å². The van der Waals surface area contributed by atoms with Crippen LogP contribution in [-0.4, -0.2) is 36.7 Å². The molecule has 0 atom stereocenters. The minimum absolute atomic E-state index is 0.236. The smallest absolute Gasteiger partial charge is 0.329 e. The summed E-state index contributed by atoms with van der Waals surface area (Å²) in [5, 5.41) is 11.7. The van der Waals surface area contributed by atoms with Crippen LogP contribution in [0, 0.1) is 0 Å². The number of carbonyl (C=O) groups excluding carboxylic acids is 1. The molecule has 0 spiro atoms. The van der Waals surface area contributed by atoms with E-state index < -0.39 is 11.9 Å². The van der Waals surface area contributed by atoms with Gasteiger partial charge in [0.1, 0.15) is 6.61 Å². The first-order chi connectivity index (χ1) is 8.50. The summed E-state index contributed by atoms with van der Waals surface area (Å²) in [5.74, 6) is -1.56. The summed E-state index contributed by atoms with van der Waals surface area (Å²) in [4.78, 5) is 21.1. The van der Waals surface area contributed by atoms with Crippen LogP contribution in [0.5, 0.6) is 0 Å². The van der Waals surface area contributed by atoms with Gasteiger partial charge in [-0.3, -0.25) is 4.79 Å². The number of carboxylic acid groups (broad SMARTS) is 1. The third kappa shape index (κ3) is 4.60. The van der Waals surface area contributed by atoms with Crippen LogP contribution in [0.2, 0.25) is 5.02 Å². The summed E-state index contributed by atoms with van der Waals surface area (Å²) in [6, 6.07) is 4.64. The maximum Gasteiger partial charge on any atom is 0.329 e. The average Bonchev–Trinajstić information content (AvgIpc) is 2.29. The van der Waals surface area contributed by atoms with Gasteiger partial charge in [0.15, 0.2) is 0 Å². The molecule has 0 bridgehead atoms. The molecule has 18 heavy (non-hydrogen) atoms. The number of nitrogens with one attached hydrogen (secondary N) is 1. The standard InChI is InChI=1S/C11H13ClN2O4/c12-8-5-7(11(13)17)1-2-9(8)14-3-4-18-6-10(15)16/h1-2,5,14H,3-4,6H2,(H2,13,17)(H,15,16). The van der Waals surface area contributed by atoms with Crippen molar-refractivity contribution < 1.29 is 19.4 Å². The number of nitrogens with two attached hydrogens (primary N) is 1. The molecule has 4 N–H and O–H groups in total. The van der Waals surface area contributed by atoms with Crippen molar-refractivity contribution >= 4 is 29.2 Å². The Morgan fingerprint density at radius 1 is 1.44 bits per heavy atom. The van der Waals surface area contributed by atoms with E-state index in [1.165, 1.54) is 6.07 Å². The largest absolute Gasteiger partial charge is 0.480 e. The van der Waals surface area contributed by atoms with Crippen molar-refractivity contribution in [3.05, 3.63) is 28.8 Å². The second kappa shape index (κ2) is 6.83. The highest BCUT2D eigenvalue weighted by Gasteiger charge is 2.05. The molecule has 0 aliphatic heterocycles. The van der Waals surface area contributed by atoms with Crippen LogP contribution in [0.3, 0.4) is 0 Å². The molecule has 6 nitrogen and oxygen atoms in total. The number of hydrogen-bond acceptors (Lipinski definition) is 4. The van der Waals surface area contributed by atoms with Gasteiger partial charge in [-0.25, -0.2) is 4.79 Å². The lowest BCUT2D eigenvalue weighted by Gasteiger charge is -2.09. The third-order valence-electron chi connectivity index (χ3n) is 2.04. The van der Waals surface area contributed by atoms with Gasteiger partial charge < -0.3 is 20.9 Å². The Bertz CT molecular complexity index is 451. The molecule has 1 amide bonds. The Balaban J connectivity index is 2.43. The molecule has 7 heteroatoms. The molecule has 0 fully saturated rings. The van der Waals surface area contributed by atoms with E-state index in [1.54, 1.807) is 12.1 Å². The van der Waals surface area contributed by atoms with Crippen molar-refractivity contribution in [3.8, 4) is 0 Å². The molecule has 0 aromatic heterocycles. The van der Waals surface area contributed by atoms with Crippen molar-refractivity contribution in [3.63, 3.8) is 0 Å². The van der Waals surface area contributed by atoms with Crippen LogP contribution in [-0.2, 0) is 9.53 Å². The quantitative estimate of drug-likeness (QED) is 0.642. The van der Waals surface area contributed by atoms with E-state index in [2.05, 4.69) is 5.32 Å².